The first-order chi connectivity index (χ1) is 7.24. The first-order valence-electron chi connectivity index (χ1n) is 4.92. The number of rotatable bonds is 2. The zero-order valence-electron chi connectivity index (χ0n) is 8.65. The van der Waals surface area contributed by atoms with E-state index in [-0.39, 0.29) is 0 Å². The Balaban J connectivity index is 1.92. The van der Waals surface area contributed by atoms with Crippen molar-refractivity contribution in [2.24, 2.45) is 0 Å². The minimum Gasteiger partial charge on any atom is -0.304 e. The standard InChI is InChI=1S/C9H14BrN5/c1-14-2-4-15(5-3-14)13-9-6-8(10)11-7-12-9/h6-7H,2-5H2,1H3,(H,11,12,13). The maximum atomic E-state index is 4.15. The number of hydrogen-bond donors (Lipinski definition) is 1. The van der Waals surface area contributed by atoms with Crippen LogP contribution in [0, 0.1) is 0 Å². The molecule has 2 heterocycles. The Labute approximate surface area is 97.6 Å². The number of likely N-dealkylation sites (N-methyl/N-ethyl adjacent to an activating group) is 1. The van der Waals surface area contributed by atoms with Crippen molar-refractivity contribution >= 4 is 21.7 Å². The second-order valence-electron chi connectivity index (χ2n) is 3.63. The average Bonchev–Trinajstić information content (AvgIpc) is 2.22. The number of anilines is 1. The molecule has 0 bridgehead atoms. The van der Waals surface area contributed by atoms with E-state index in [9.17, 15) is 0 Å². The summed E-state index contributed by atoms with van der Waals surface area (Å²) in [6.45, 7) is 4.19. The molecule has 6 heteroatoms. The fourth-order valence-corrected chi connectivity index (χ4v) is 1.78. The normalized spacial score (nSPS) is 19.1. The van der Waals surface area contributed by atoms with E-state index in [2.05, 4.69) is 48.3 Å². The Morgan fingerprint density at radius 1 is 1.27 bits per heavy atom. The molecule has 82 valence electrons. The number of nitrogens with one attached hydrogen (secondary N) is 1. The van der Waals surface area contributed by atoms with Gasteiger partial charge in [0, 0.05) is 32.2 Å². The number of hydrazine groups is 1. The summed E-state index contributed by atoms with van der Waals surface area (Å²) < 4.78 is 0.800. The number of halogens is 1. The van der Waals surface area contributed by atoms with Gasteiger partial charge in [0.25, 0.3) is 0 Å². The summed E-state index contributed by atoms with van der Waals surface area (Å²) in [5.41, 5.74) is 3.27. The van der Waals surface area contributed by atoms with E-state index >= 15 is 0 Å². The Bertz CT molecular complexity index is 324. The largest absolute Gasteiger partial charge is 0.304 e. The van der Waals surface area contributed by atoms with Crippen LogP contribution in [0.25, 0.3) is 0 Å². The molecular weight excluding hydrogens is 258 g/mol. The molecule has 0 unspecified atom stereocenters. The summed E-state index contributed by atoms with van der Waals surface area (Å²) in [4.78, 5) is 10.4. The van der Waals surface area contributed by atoms with Crippen LogP contribution < -0.4 is 5.43 Å². The third-order valence-electron chi connectivity index (χ3n) is 2.41. The molecule has 0 spiro atoms. The highest BCUT2D eigenvalue weighted by Gasteiger charge is 2.13. The van der Waals surface area contributed by atoms with Crippen LogP contribution in [-0.2, 0) is 0 Å². The zero-order chi connectivity index (χ0) is 10.7. The summed E-state index contributed by atoms with van der Waals surface area (Å²) in [7, 11) is 2.14. The fourth-order valence-electron chi connectivity index (χ4n) is 1.47. The summed E-state index contributed by atoms with van der Waals surface area (Å²) in [6, 6.07) is 1.87. The Morgan fingerprint density at radius 2 is 2.00 bits per heavy atom. The summed E-state index contributed by atoms with van der Waals surface area (Å²) in [5.74, 6) is 0.835. The first-order valence-corrected chi connectivity index (χ1v) is 5.71. The maximum absolute atomic E-state index is 4.15. The van der Waals surface area contributed by atoms with Crippen LogP contribution >= 0.6 is 15.9 Å². The SMILES string of the molecule is CN1CCN(Nc2cc(Br)ncn2)CC1. The third-order valence-corrected chi connectivity index (χ3v) is 2.84. The Hall–Kier alpha value is -0.720. The van der Waals surface area contributed by atoms with Gasteiger partial charge in [-0.2, -0.15) is 0 Å². The topological polar surface area (TPSA) is 44.3 Å². The van der Waals surface area contributed by atoms with Gasteiger partial charge in [0.2, 0.25) is 0 Å². The molecule has 2 rings (SSSR count). The molecule has 1 N–H and O–H groups in total. The van der Waals surface area contributed by atoms with Gasteiger partial charge in [0.05, 0.1) is 0 Å². The van der Waals surface area contributed by atoms with Crippen LogP contribution in [-0.4, -0.2) is 53.1 Å². The van der Waals surface area contributed by atoms with Crippen LogP contribution in [0.15, 0.2) is 17.0 Å². The van der Waals surface area contributed by atoms with Gasteiger partial charge >= 0.3 is 0 Å². The van der Waals surface area contributed by atoms with Gasteiger partial charge in [0.15, 0.2) is 0 Å². The summed E-state index contributed by atoms with van der Waals surface area (Å²) in [5, 5.41) is 2.18. The van der Waals surface area contributed by atoms with E-state index in [1.807, 2.05) is 6.07 Å². The number of aromatic nitrogens is 2. The lowest BCUT2D eigenvalue weighted by atomic mass is 10.4. The second kappa shape index (κ2) is 4.87. The van der Waals surface area contributed by atoms with Crippen LogP contribution in [0.1, 0.15) is 0 Å². The van der Waals surface area contributed by atoms with Gasteiger partial charge in [-0.1, -0.05) is 0 Å². The first kappa shape index (κ1) is 10.8. The van der Waals surface area contributed by atoms with E-state index in [0.29, 0.717) is 0 Å². The van der Waals surface area contributed by atoms with Crippen molar-refractivity contribution in [1.29, 1.82) is 0 Å². The highest BCUT2D eigenvalue weighted by atomic mass is 79.9. The highest BCUT2D eigenvalue weighted by molar-refractivity contribution is 9.10. The van der Waals surface area contributed by atoms with Crippen molar-refractivity contribution in [3.63, 3.8) is 0 Å². The molecule has 0 saturated carbocycles. The van der Waals surface area contributed by atoms with Gasteiger partial charge in [-0.05, 0) is 23.0 Å². The van der Waals surface area contributed by atoms with Crippen molar-refractivity contribution in [1.82, 2.24) is 19.9 Å². The third kappa shape index (κ3) is 3.12. The van der Waals surface area contributed by atoms with Crippen molar-refractivity contribution in [3.05, 3.63) is 17.0 Å². The molecule has 1 aliphatic heterocycles. The molecule has 5 nitrogen and oxygen atoms in total. The van der Waals surface area contributed by atoms with Crippen LogP contribution in [0.4, 0.5) is 5.82 Å². The van der Waals surface area contributed by atoms with Crippen molar-refractivity contribution in [2.75, 3.05) is 38.7 Å². The minimum absolute atomic E-state index is 0.800. The predicted octanol–water partition coefficient (Wildman–Crippen LogP) is 0.813. The van der Waals surface area contributed by atoms with Crippen molar-refractivity contribution in [2.45, 2.75) is 0 Å². The molecule has 1 aliphatic rings. The molecule has 1 saturated heterocycles. The summed E-state index contributed by atoms with van der Waals surface area (Å²) >= 11 is 3.32. The Morgan fingerprint density at radius 3 is 2.67 bits per heavy atom. The second-order valence-corrected chi connectivity index (χ2v) is 4.44. The lowest BCUT2D eigenvalue weighted by molar-refractivity contribution is 0.178. The predicted molar refractivity (Wildman–Crippen MR) is 62.4 cm³/mol. The monoisotopic (exact) mass is 271 g/mol. The van der Waals surface area contributed by atoms with Gasteiger partial charge < -0.3 is 10.3 Å². The molecule has 1 fully saturated rings. The van der Waals surface area contributed by atoms with E-state index in [0.717, 1.165) is 36.6 Å². The molecule has 0 atom stereocenters. The number of hydrogen-bond acceptors (Lipinski definition) is 5. The average molecular weight is 272 g/mol. The van der Waals surface area contributed by atoms with Crippen molar-refractivity contribution in [3.8, 4) is 0 Å². The number of piperazine rings is 1. The fraction of sp³-hybridized carbons (Fsp3) is 0.556. The quantitative estimate of drug-likeness (QED) is 0.807. The molecule has 0 aromatic carbocycles. The van der Waals surface area contributed by atoms with Gasteiger partial charge in [0.1, 0.15) is 16.7 Å². The van der Waals surface area contributed by atoms with Crippen LogP contribution in [0.3, 0.4) is 0 Å². The van der Waals surface area contributed by atoms with Crippen LogP contribution in [0.2, 0.25) is 0 Å². The van der Waals surface area contributed by atoms with Crippen LogP contribution in [0.5, 0.6) is 0 Å². The Kier molecular flexibility index (Phi) is 3.50. The van der Waals surface area contributed by atoms with E-state index < -0.39 is 0 Å². The van der Waals surface area contributed by atoms with Crippen molar-refractivity contribution < 1.29 is 0 Å². The van der Waals surface area contributed by atoms with Gasteiger partial charge in [-0.15, -0.1) is 0 Å². The summed E-state index contributed by atoms with van der Waals surface area (Å²) in [6.07, 6.45) is 1.54. The smallest absolute Gasteiger partial charge is 0.144 e. The molecule has 0 amide bonds. The van der Waals surface area contributed by atoms with E-state index in [1.165, 1.54) is 0 Å². The zero-order valence-corrected chi connectivity index (χ0v) is 10.2. The molecular formula is C9H14BrN5. The number of nitrogens with zero attached hydrogens (tertiary/aromatic N) is 4. The lowest BCUT2D eigenvalue weighted by Crippen LogP contribution is -2.47. The minimum atomic E-state index is 0.800. The molecule has 0 aliphatic carbocycles. The molecule has 1 aromatic rings. The highest BCUT2D eigenvalue weighted by Crippen LogP contribution is 2.11. The van der Waals surface area contributed by atoms with E-state index in [1.54, 1.807) is 6.33 Å². The van der Waals surface area contributed by atoms with Gasteiger partial charge in [-0.3, -0.25) is 0 Å². The molecule has 15 heavy (non-hydrogen) atoms. The van der Waals surface area contributed by atoms with Gasteiger partial charge in [-0.25, -0.2) is 15.0 Å². The lowest BCUT2D eigenvalue weighted by Gasteiger charge is -2.32. The molecule has 1 aromatic heterocycles. The maximum Gasteiger partial charge on any atom is 0.144 e. The van der Waals surface area contributed by atoms with E-state index in [4.69, 9.17) is 0 Å². The molecule has 0 radical (unpaired) electrons.